The lowest BCUT2D eigenvalue weighted by molar-refractivity contribution is 0.0977. The molecule has 1 aliphatic carbocycles. The number of unbranched alkanes of at least 4 members (excludes halogenated alkanes) is 1. The molecule has 7 heteroatoms. The summed E-state index contributed by atoms with van der Waals surface area (Å²) in [7, 11) is 0. The number of nitrogens with zero attached hydrogens (tertiary/aromatic N) is 6. The topological polar surface area (TPSA) is 78.5 Å². The largest absolute Gasteiger partial charge is 0.292 e. The second-order valence-corrected chi connectivity index (χ2v) is 5.10. The fraction of sp³-hybridized carbons (Fsp3) is 0.615. The van der Waals surface area contributed by atoms with Crippen LogP contribution in [0, 0.1) is 0 Å². The molecular formula is C13H18N6O. The molecule has 0 unspecified atom stereocenters. The molecule has 0 atom stereocenters. The van der Waals surface area contributed by atoms with Gasteiger partial charge in [0.2, 0.25) is 0 Å². The van der Waals surface area contributed by atoms with Gasteiger partial charge in [0, 0.05) is 12.8 Å². The lowest BCUT2D eigenvalue weighted by atomic mass is 10.2. The Balaban J connectivity index is 2.10. The zero-order chi connectivity index (χ0) is 13.9. The van der Waals surface area contributed by atoms with E-state index in [2.05, 4.69) is 27.4 Å². The lowest BCUT2D eigenvalue weighted by Crippen LogP contribution is -2.17. The van der Waals surface area contributed by atoms with Crippen molar-refractivity contribution >= 4 is 5.78 Å². The lowest BCUT2D eigenvalue weighted by Gasteiger charge is -2.09. The number of rotatable bonds is 4. The van der Waals surface area contributed by atoms with E-state index in [1.165, 1.54) is 0 Å². The first-order valence-corrected chi connectivity index (χ1v) is 7.18. The van der Waals surface area contributed by atoms with Crippen LogP contribution in [-0.2, 0) is 12.8 Å². The standard InChI is InChI=1S/C13H18N6O/c1-2-3-8-12-15-13-10(6-4-5-7-11(13)20)19(12)18-9-14-16-17-18/h9H,2-8H2,1H3. The predicted octanol–water partition coefficient (Wildman–Crippen LogP) is 1.43. The molecule has 1 aliphatic rings. The summed E-state index contributed by atoms with van der Waals surface area (Å²) in [5.41, 5.74) is 1.56. The van der Waals surface area contributed by atoms with E-state index in [9.17, 15) is 4.79 Å². The van der Waals surface area contributed by atoms with Crippen LogP contribution < -0.4 is 0 Å². The van der Waals surface area contributed by atoms with Gasteiger partial charge in [0.15, 0.2) is 12.1 Å². The number of aryl methyl sites for hydroxylation is 1. The number of carbonyl (C=O) groups is 1. The van der Waals surface area contributed by atoms with Gasteiger partial charge in [0.1, 0.15) is 11.5 Å². The molecule has 0 bridgehead atoms. The number of Topliss-reactive ketones (excluding diaryl/α,β-unsaturated/α-hetero) is 1. The molecule has 0 radical (unpaired) electrons. The number of carbonyl (C=O) groups excluding carboxylic acids is 1. The summed E-state index contributed by atoms with van der Waals surface area (Å²) in [5, 5.41) is 11.3. The summed E-state index contributed by atoms with van der Waals surface area (Å²) in [5.74, 6) is 1.02. The molecule has 0 aliphatic heterocycles. The van der Waals surface area contributed by atoms with Crippen molar-refractivity contribution in [2.24, 2.45) is 0 Å². The molecule has 2 aromatic heterocycles. The SMILES string of the molecule is CCCCc1nc2c(n1-n1cnnn1)CCCCC2=O. The summed E-state index contributed by atoms with van der Waals surface area (Å²) in [4.78, 5) is 18.3. The summed E-state index contributed by atoms with van der Waals surface area (Å²) in [6.45, 7) is 2.14. The normalized spacial score (nSPS) is 15.2. The van der Waals surface area contributed by atoms with Crippen LogP contribution in [0.15, 0.2) is 6.33 Å². The van der Waals surface area contributed by atoms with E-state index in [-0.39, 0.29) is 5.78 Å². The van der Waals surface area contributed by atoms with Crippen molar-refractivity contribution in [2.45, 2.75) is 51.9 Å². The quantitative estimate of drug-likeness (QED) is 0.788. The van der Waals surface area contributed by atoms with Crippen molar-refractivity contribution in [2.75, 3.05) is 0 Å². The Morgan fingerprint density at radius 1 is 1.30 bits per heavy atom. The van der Waals surface area contributed by atoms with E-state index >= 15 is 0 Å². The van der Waals surface area contributed by atoms with Crippen molar-refractivity contribution in [3.05, 3.63) is 23.5 Å². The van der Waals surface area contributed by atoms with Crippen LogP contribution in [0.1, 0.15) is 61.0 Å². The van der Waals surface area contributed by atoms with Gasteiger partial charge in [-0.1, -0.05) is 13.3 Å². The van der Waals surface area contributed by atoms with Crippen molar-refractivity contribution in [1.29, 1.82) is 0 Å². The molecule has 3 rings (SSSR count). The molecule has 2 aromatic rings. The van der Waals surface area contributed by atoms with E-state index in [4.69, 9.17) is 0 Å². The average Bonchev–Trinajstić information content (AvgIpc) is 3.04. The molecule has 0 amide bonds. The van der Waals surface area contributed by atoms with E-state index in [1.807, 2.05) is 4.68 Å². The molecule has 0 saturated heterocycles. The molecule has 2 heterocycles. The van der Waals surface area contributed by atoms with Crippen LogP contribution in [-0.4, -0.2) is 35.8 Å². The third-order valence-electron chi connectivity index (χ3n) is 3.64. The smallest absolute Gasteiger partial charge is 0.183 e. The average molecular weight is 274 g/mol. The highest BCUT2D eigenvalue weighted by Gasteiger charge is 2.25. The number of ketones is 1. The predicted molar refractivity (Wildman–Crippen MR) is 71.3 cm³/mol. The highest BCUT2D eigenvalue weighted by atomic mass is 16.1. The minimum Gasteiger partial charge on any atom is -0.292 e. The van der Waals surface area contributed by atoms with Crippen LogP contribution in [0.3, 0.4) is 0 Å². The molecule has 0 spiro atoms. The summed E-state index contributed by atoms with van der Waals surface area (Å²) >= 11 is 0. The van der Waals surface area contributed by atoms with Gasteiger partial charge >= 0.3 is 0 Å². The molecule has 0 saturated carbocycles. The van der Waals surface area contributed by atoms with Crippen LogP contribution in [0.4, 0.5) is 0 Å². The third-order valence-corrected chi connectivity index (χ3v) is 3.64. The second kappa shape index (κ2) is 5.52. The second-order valence-electron chi connectivity index (χ2n) is 5.10. The highest BCUT2D eigenvalue weighted by Crippen LogP contribution is 2.22. The summed E-state index contributed by atoms with van der Waals surface area (Å²) in [6.07, 6.45) is 7.86. The van der Waals surface area contributed by atoms with E-state index in [0.29, 0.717) is 12.1 Å². The number of hydrogen-bond donors (Lipinski definition) is 0. The van der Waals surface area contributed by atoms with Crippen molar-refractivity contribution in [1.82, 2.24) is 30.0 Å². The zero-order valence-corrected chi connectivity index (χ0v) is 11.6. The van der Waals surface area contributed by atoms with Gasteiger partial charge < -0.3 is 0 Å². The van der Waals surface area contributed by atoms with Crippen molar-refractivity contribution in [3.63, 3.8) is 0 Å². The van der Waals surface area contributed by atoms with E-state index < -0.39 is 0 Å². The summed E-state index contributed by atoms with van der Waals surface area (Å²) in [6, 6.07) is 0. The van der Waals surface area contributed by atoms with Gasteiger partial charge in [-0.25, -0.2) is 9.66 Å². The maximum absolute atomic E-state index is 12.2. The fourth-order valence-corrected chi connectivity index (χ4v) is 2.63. The minimum absolute atomic E-state index is 0.141. The first-order valence-electron chi connectivity index (χ1n) is 7.18. The monoisotopic (exact) mass is 274 g/mol. The minimum atomic E-state index is 0.141. The Morgan fingerprint density at radius 3 is 2.90 bits per heavy atom. The highest BCUT2D eigenvalue weighted by molar-refractivity contribution is 5.95. The Kier molecular flexibility index (Phi) is 3.58. The fourth-order valence-electron chi connectivity index (χ4n) is 2.63. The molecule has 20 heavy (non-hydrogen) atoms. The van der Waals surface area contributed by atoms with Gasteiger partial charge in [0.05, 0.1) is 5.69 Å². The zero-order valence-electron chi connectivity index (χ0n) is 11.6. The van der Waals surface area contributed by atoms with Gasteiger partial charge in [-0.15, -0.1) is 9.89 Å². The molecule has 0 N–H and O–H groups in total. The van der Waals surface area contributed by atoms with Gasteiger partial charge in [-0.2, -0.15) is 0 Å². The van der Waals surface area contributed by atoms with Crippen LogP contribution in [0.5, 0.6) is 0 Å². The number of aromatic nitrogens is 6. The number of fused-ring (bicyclic) bond motifs is 1. The number of imidazole rings is 1. The Labute approximate surface area is 117 Å². The van der Waals surface area contributed by atoms with Crippen molar-refractivity contribution in [3.8, 4) is 0 Å². The number of hydrogen-bond acceptors (Lipinski definition) is 5. The Hall–Kier alpha value is -2.05. The number of tetrazole rings is 1. The molecule has 106 valence electrons. The Morgan fingerprint density at radius 2 is 2.15 bits per heavy atom. The van der Waals surface area contributed by atoms with Crippen molar-refractivity contribution < 1.29 is 4.79 Å². The first-order chi connectivity index (χ1) is 9.81. The summed E-state index contributed by atoms with van der Waals surface area (Å²) < 4.78 is 1.91. The molecule has 0 aromatic carbocycles. The van der Waals surface area contributed by atoms with Gasteiger partial charge in [-0.3, -0.25) is 4.79 Å². The third kappa shape index (κ3) is 2.23. The first kappa shape index (κ1) is 13.0. The van der Waals surface area contributed by atoms with Crippen LogP contribution in [0.25, 0.3) is 0 Å². The van der Waals surface area contributed by atoms with Crippen LogP contribution >= 0.6 is 0 Å². The van der Waals surface area contributed by atoms with Gasteiger partial charge in [0.25, 0.3) is 0 Å². The van der Waals surface area contributed by atoms with E-state index in [1.54, 1.807) is 11.1 Å². The van der Waals surface area contributed by atoms with Crippen LogP contribution in [0.2, 0.25) is 0 Å². The van der Waals surface area contributed by atoms with E-state index in [0.717, 1.165) is 50.0 Å². The van der Waals surface area contributed by atoms with Gasteiger partial charge in [-0.05, 0) is 36.1 Å². The molecule has 7 nitrogen and oxygen atoms in total. The molecule has 0 fully saturated rings. The Bertz CT molecular complexity index is 601. The maximum Gasteiger partial charge on any atom is 0.183 e. The molecular weight excluding hydrogens is 256 g/mol. The maximum atomic E-state index is 12.2.